The van der Waals surface area contributed by atoms with Crippen molar-refractivity contribution in [2.45, 2.75) is 12.2 Å². The highest BCUT2D eigenvalue weighted by atomic mass is 16.4. The zero-order valence-corrected chi connectivity index (χ0v) is 26.5. The van der Waals surface area contributed by atoms with Crippen LogP contribution in [0.3, 0.4) is 0 Å². The van der Waals surface area contributed by atoms with Gasteiger partial charge in [0.05, 0.1) is 6.04 Å². The molecule has 0 bridgehead atoms. The molecule has 0 saturated heterocycles. The SMILES string of the molecule is C1=CC(c2cc3ccccc3c3ccccc23)Nc2oc3cccc(C4=NC(c5ccccc5)=NC(c5ccc6ccccc6c5)N4)c3c21. The molecule has 0 amide bonds. The lowest BCUT2D eigenvalue weighted by Crippen LogP contribution is -2.33. The molecule has 5 nitrogen and oxygen atoms in total. The van der Waals surface area contributed by atoms with Gasteiger partial charge in [-0.25, -0.2) is 9.98 Å². The molecule has 8 aromatic rings. The molecule has 7 aromatic carbocycles. The summed E-state index contributed by atoms with van der Waals surface area (Å²) in [7, 11) is 0. The lowest BCUT2D eigenvalue weighted by atomic mass is 9.91. The summed E-state index contributed by atoms with van der Waals surface area (Å²) in [6.07, 6.45) is 4.13. The quantitative estimate of drug-likeness (QED) is 0.190. The Kier molecular flexibility index (Phi) is 6.24. The zero-order valence-electron chi connectivity index (χ0n) is 26.5. The van der Waals surface area contributed by atoms with Crippen molar-refractivity contribution < 1.29 is 4.42 Å². The Hall–Kier alpha value is -6.46. The van der Waals surface area contributed by atoms with Gasteiger partial charge in [0, 0.05) is 22.1 Å². The van der Waals surface area contributed by atoms with E-state index in [1.807, 2.05) is 30.3 Å². The van der Waals surface area contributed by atoms with Gasteiger partial charge < -0.3 is 15.1 Å². The van der Waals surface area contributed by atoms with Gasteiger partial charge in [-0.1, -0.05) is 140 Å². The molecule has 0 saturated carbocycles. The molecule has 2 atom stereocenters. The Morgan fingerprint density at radius 3 is 2.22 bits per heavy atom. The minimum atomic E-state index is -0.315. The van der Waals surface area contributed by atoms with Crippen LogP contribution >= 0.6 is 0 Å². The largest absolute Gasteiger partial charge is 0.440 e. The number of rotatable bonds is 4. The van der Waals surface area contributed by atoms with Crippen LogP contribution in [-0.4, -0.2) is 11.7 Å². The van der Waals surface area contributed by atoms with Crippen molar-refractivity contribution in [3.8, 4) is 0 Å². The third-order valence-corrected chi connectivity index (χ3v) is 9.75. The fraction of sp³-hybridized carbons (Fsp3) is 0.0455. The van der Waals surface area contributed by atoms with Crippen molar-refractivity contribution >= 4 is 66.9 Å². The third kappa shape index (κ3) is 4.62. The van der Waals surface area contributed by atoms with Gasteiger partial charge in [-0.05, 0) is 61.6 Å². The van der Waals surface area contributed by atoms with Crippen molar-refractivity contribution in [2.75, 3.05) is 5.32 Å². The number of hydrogen-bond donors (Lipinski definition) is 2. The molecular weight excluding hydrogens is 601 g/mol. The first-order chi connectivity index (χ1) is 24.3. The molecular formula is C44H30N4O. The van der Waals surface area contributed by atoms with Crippen LogP contribution in [0.2, 0.25) is 0 Å². The first-order valence-corrected chi connectivity index (χ1v) is 16.6. The smallest absolute Gasteiger partial charge is 0.202 e. The molecule has 232 valence electrons. The predicted molar refractivity (Wildman–Crippen MR) is 202 cm³/mol. The van der Waals surface area contributed by atoms with Crippen molar-refractivity contribution in [3.63, 3.8) is 0 Å². The fourth-order valence-electron chi connectivity index (χ4n) is 7.39. The molecule has 5 heteroatoms. The topological polar surface area (TPSA) is 61.9 Å². The number of amidine groups is 2. The summed E-state index contributed by atoms with van der Waals surface area (Å²) in [6.45, 7) is 0. The van der Waals surface area contributed by atoms with Crippen molar-refractivity contribution in [3.05, 3.63) is 179 Å². The Balaban J connectivity index is 1.08. The average molecular weight is 631 g/mol. The van der Waals surface area contributed by atoms with Crippen LogP contribution in [0.1, 0.15) is 40.0 Å². The van der Waals surface area contributed by atoms with Gasteiger partial charge in [-0.3, -0.25) is 0 Å². The molecule has 1 aromatic heterocycles. The highest BCUT2D eigenvalue weighted by Gasteiger charge is 2.27. The molecule has 2 aliphatic rings. The van der Waals surface area contributed by atoms with Gasteiger partial charge >= 0.3 is 0 Å². The highest BCUT2D eigenvalue weighted by molar-refractivity contribution is 6.19. The summed E-state index contributed by atoms with van der Waals surface area (Å²) in [5.41, 5.74) is 6.06. The number of furan rings is 1. The van der Waals surface area contributed by atoms with Gasteiger partial charge in [0.25, 0.3) is 0 Å². The van der Waals surface area contributed by atoms with Crippen LogP contribution in [0, 0.1) is 0 Å². The second-order valence-electron chi connectivity index (χ2n) is 12.7. The Labute approximate surface area is 283 Å². The van der Waals surface area contributed by atoms with Crippen molar-refractivity contribution in [1.82, 2.24) is 5.32 Å². The van der Waals surface area contributed by atoms with Crippen molar-refractivity contribution in [2.24, 2.45) is 9.98 Å². The number of aliphatic imine (C=N–C) groups is 2. The van der Waals surface area contributed by atoms with Gasteiger partial charge in [-0.15, -0.1) is 0 Å². The number of hydrogen-bond acceptors (Lipinski definition) is 5. The number of anilines is 1. The minimum absolute atomic E-state index is 0.0507. The Bertz CT molecular complexity index is 2680. The standard InChI is InChI=1S/C44H30N4O/c1-2-12-28(13-3-1)41-46-42(31-22-21-27-11-4-5-14-29(27)25-31)48-43(47-41)35-19-10-20-39-40(35)36-23-24-38(45-44(36)49-39)37-26-30-15-6-7-16-32(30)33-17-8-9-18-34(33)37/h1-26,38,42,45H,(H,46,47,48). The maximum Gasteiger partial charge on any atom is 0.202 e. The summed E-state index contributed by atoms with van der Waals surface area (Å²) in [4.78, 5) is 10.3. The molecule has 2 N–H and O–H groups in total. The number of nitrogens with zero attached hydrogens (tertiary/aromatic N) is 2. The second-order valence-corrected chi connectivity index (χ2v) is 12.7. The summed E-state index contributed by atoms with van der Waals surface area (Å²) in [5, 5.41) is 15.8. The molecule has 0 aliphatic carbocycles. The van der Waals surface area contributed by atoms with Crippen LogP contribution in [0.5, 0.6) is 0 Å². The summed E-state index contributed by atoms with van der Waals surface area (Å²) < 4.78 is 6.57. The summed E-state index contributed by atoms with van der Waals surface area (Å²) in [5.74, 6) is 2.21. The van der Waals surface area contributed by atoms with Crippen LogP contribution in [0.4, 0.5) is 5.88 Å². The van der Waals surface area contributed by atoms with E-state index in [1.54, 1.807) is 0 Å². The normalized spacial score (nSPS) is 17.1. The molecule has 49 heavy (non-hydrogen) atoms. The molecule has 10 rings (SSSR count). The van der Waals surface area contributed by atoms with E-state index in [2.05, 4.69) is 138 Å². The number of benzene rings is 7. The monoisotopic (exact) mass is 630 g/mol. The third-order valence-electron chi connectivity index (χ3n) is 9.75. The maximum atomic E-state index is 6.57. The van der Waals surface area contributed by atoms with Crippen molar-refractivity contribution in [1.29, 1.82) is 0 Å². The molecule has 2 unspecified atom stereocenters. The molecule has 0 radical (unpaired) electrons. The highest BCUT2D eigenvalue weighted by Crippen LogP contribution is 2.42. The van der Waals surface area contributed by atoms with E-state index in [9.17, 15) is 0 Å². The van der Waals surface area contributed by atoms with Gasteiger partial charge in [0.1, 0.15) is 17.6 Å². The maximum absolute atomic E-state index is 6.57. The Morgan fingerprint density at radius 1 is 0.592 bits per heavy atom. The number of nitrogens with one attached hydrogen (secondary N) is 2. The fourth-order valence-corrected chi connectivity index (χ4v) is 7.39. The number of fused-ring (bicyclic) bond motifs is 7. The first-order valence-electron chi connectivity index (χ1n) is 16.6. The zero-order chi connectivity index (χ0) is 32.3. The Morgan fingerprint density at radius 2 is 1.35 bits per heavy atom. The first kappa shape index (κ1) is 27.6. The van der Waals surface area contributed by atoms with Crippen LogP contribution in [0.25, 0.3) is 49.4 Å². The average Bonchev–Trinajstić information content (AvgIpc) is 3.56. The minimum Gasteiger partial charge on any atom is -0.440 e. The molecule has 0 fully saturated rings. The predicted octanol–water partition coefficient (Wildman–Crippen LogP) is 10.6. The summed E-state index contributed by atoms with van der Waals surface area (Å²) >= 11 is 0. The van der Waals surface area contributed by atoms with Crippen LogP contribution in [0.15, 0.2) is 166 Å². The van der Waals surface area contributed by atoms with E-state index in [0.717, 1.165) is 44.9 Å². The lowest BCUT2D eigenvalue weighted by molar-refractivity contribution is 0.619. The van der Waals surface area contributed by atoms with E-state index in [-0.39, 0.29) is 12.2 Å². The summed E-state index contributed by atoms with van der Waals surface area (Å²) in [6, 6.07) is 50.8. The van der Waals surface area contributed by atoms with Gasteiger partial charge in [-0.2, -0.15) is 0 Å². The van der Waals surface area contributed by atoms with Gasteiger partial charge in [0.15, 0.2) is 5.84 Å². The molecule has 3 heterocycles. The molecule has 2 aliphatic heterocycles. The lowest BCUT2D eigenvalue weighted by Gasteiger charge is -2.24. The van der Waals surface area contributed by atoms with E-state index in [0.29, 0.717) is 5.84 Å². The van der Waals surface area contributed by atoms with Crippen LogP contribution in [-0.2, 0) is 0 Å². The molecule has 0 spiro atoms. The van der Waals surface area contributed by atoms with Crippen LogP contribution < -0.4 is 10.6 Å². The second kappa shape index (κ2) is 11.1. The van der Waals surface area contributed by atoms with E-state index in [1.165, 1.54) is 37.9 Å². The van der Waals surface area contributed by atoms with E-state index in [4.69, 9.17) is 14.4 Å². The van der Waals surface area contributed by atoms with E-state index < -0.39 is 0 Å². The van der Waals surface area contributed by atoms with E-state index >= 15 is 0 Å². The van der Waals surface area contributed by atoms with Gasteiger partial charge in [0.2, 0.25) is 5.88 Å².